The molecule has 0 saturated heterocycles. The Balaban J connectivity index is 1.57. The molecule has 0 radical (unpaired) electrons. The summed E-state index contributed by atoms with van der Waals surface area (Å²) in [6.45, 7) is 26.3. The highest BCUT2D eigenvalue weighted by atomic mass is 16.1. The second-order valence-electron chi connectivity index (χ2n) is 19.1. The third kappa shape index (κ3) is 14.3. The molecule has 0 aliphatic carbocycles. The third-order valence-electron chi connectivity index (χ3n) is 13.4. The number of nitrogens with zero attached hydrogens (tertiary/aromatic N) is 4. The molecule has 0 aliphatic heterocycles. The van der Waals surface area contributed by atoms with E-state index in [9.17, 15) is 4.79 Å². The first-order valence-corrected chi connectivity index (χ1v) is 27.1. The minimum absolute atomic E-state index is 0.128. The number of anilines is 4. The van der Waals surface area contributed by atoms with E-state index in [2.05, 4.69) is 215 Å². The highest BCUT2D eigenvalue weighted by molar-refractivity contribution is 6.02. The maximum Gasteiger partial charge on any atom is 0.166 e. The molecule has 0 atom stereocenters. The predicted octanol–water partition coefficient (Wildman–Crippen LogP) is 16.9. The van der Waals surface area contributed by atoms with Crippen molar-refractivity contribution in [1.29, 1.82) is 0 Å². The molecule has 0 saturated carbocycles. The summed E-state index contributed by atoms with van der Waals surface area (Å²) < 4.78 is 0. The van der Waals surface area contributed by atoms with Gasteiger partial charge in [0.1, 0.15) is 0 Å². The van der Waals surface area contributed by atoms with Crippen LogP contribution in [0, 0.1) is 0 Å². The van der Waals surface area contributed by atoms with Gasteiger partial charge in [-0.05, 0) is 157 Å². The van der Waals surface area contributed by atoms with E-state index in [0.29, 0.717) is 12.8 Å². The largest absolute Gasteiger partial charge is 0.372 e. The number of carbonyl (C=O) groups excluding carboxylic acids is 1. The standard InChI is InChI=1S/C65H84N4O/c1-9-41-66(42-10-2)59-32-23-52(24-33-59)63(53-25-34-60(35-26-53)67(43-11-3)44-12-4)40-31-58(50-64(70)57-22-21-51-19-17-18-20-56(51)49-57)65(54-27-36-61(37-28-54)68(45-13-5)46-14-6)55-29-38-62(39-30-55)69(47-15-7)48-16-8/h17-30,32-40,49H,9-16,31,41-48,50H2,1-8H3. The van der Waals surface area contributed by atoms with Crippen molar-refractivity contribution in [1.82, 2.24) is 0 Å². The molecular weight excluding hydrogens is 853 g/mol. The van der Waals surface area contributed by atoms with Crippen molar-refractivity contribution < 1.29 is 4.79 Å². The number of carbonyl (C=O) groups is 1. The van der Waals surface area contributed by atoms with Gasteiger partial charge in [0.2, 0.25) is 0 Å². The van der Waals surface area contributed by atoms with Gasteiger partial charge in [0.05, 0.1) is 0 Å². The Morgan fingerprint density at radius 2 is 0.686 bits per heavy atom. The zero-order chi connectivity index (χ0) is 49.7. The number of ketones is 1. The molecular formula is C65H84N4O. The SMILES string of the molecule is CCCN(CCC)c1ccc(C(=CCC(CC(=O)c2ccc3ccccc3c2)=C(c2ccc(N(CCC)CCC)cc2)c2ccc(N(CCC)CCC)cc2)c2ccc(N(CCC)CCC)cc2)cc1. The van der Waals surface area contributed by atoms with Gasteiger partial charge >= 0.3 is 0 Å². The van der Waals surface area contributed by atoms with E-state index >= 15 is 0 Å². The fourth-order valence-corrected chi connectivity index (χ4v) is 10.1. The lowest BCUT2D eigenvalue weighted by molar-refractivity contribution is 0.0992. The highest BCUT2D eigenvalue weighted by Crippen LogP contribution is 2.37. The van der Waals surface area contributed by atoms with Crippen LogP contribution in [-0.4, -0.2) is 58.1 Å². The van der Waals surface area contributed by atoms with Gasteiger partial charge in [-0.3, -0.25) is 4.79 Å². The summed E-state index contributed by atoms with van der Waals surface area (Å²) in [5.41, 5.74) is 13.8. The number of hydrogen-bond donors (Lipinski definition) is 0. The summed E-state index contributed by atoms with van der Waals surface area (Å²) in [6.07, 6.45) is 12.1. The topological polar surface area (TPSA) is 30.0 Å². The molecule has 0 heterocycles. The van der Waals surface area contributed by atoms with Crippen LogP contribution in [0.3, 0.4) is 0 Å². The van der Waals surface area contributed by atoms with Crippen molar-refractivity contribution in [2.75, 3.05) is 72.0 Å². The Hall–Kier alpha value is -6.07. The molecule has 6 aromatic rings. The second-order valence-corrected chi connectivity index (χ2v) is 19.1. The summed E-state index contributed by atoms with van der Waals surface area (Å²) in [6, 6.07) is 51.4. The van der Waals surface area contributed by atoms with Gasteiger partial charge in [-0.2, -0.15) is 0 Å². The Morgan fingerprint density at radius 1 is 0.371 bits per heavy atom. The van der Waals surface area contributed by atoms with Gasteiger partial charge in [-0.15, -0.1) is 0 Å². The zero-order valence-electron chi connectivity index (χ0n) is 44.3. The molecule has 6 aromatic carbocycles. The molecule has 0 N–H and O–H groups in total. The first-order chi connectivity index (χ1) is 34.3. The lowest BCUT2D eigenvalue weighted by atomic mass is 9.86. The molecule has 0 aromatic heterocycles. The quantitative estimate of drug-likeness (QED) is 0.0437. The average Bonchev–Trinajstić information content (AvgIpc) is 3.39. The van der Waals surface area contributed by atoms with E-state index in [1.54, 1.807) is 0 Å². The number of fused-ring (bicyclic) bond motifs is 1. The van der Waals surface area contributed by atoms with Crippen molar-refractivity contribution in [3.63, 3.8) is 0 Å². The fraction of sp³-hybridized carbons (Fsp3) is 0.400. The normalized spacial score (nSPS) is 11.1. The zero-order valence-corrected chi connectivity index (χ0v) is 44.3. The van der Waals surface area contributed by atoms with Crippen LogP contribution < -0.4 is 19.6 Å². The van der Waals surface area contributed by atoms with E-state index in [0.717, 1.165) is 142 Å². The van der Waals surface area contributed by atoms with Crippen LogP contribution in [0.25, 0.3) is 21.9 Å². The first-order valence-electron chi connectivity index (χ1n) is 27.1. The van der Waals surface area contributed by atoms with Crippen LogP contribution in [-0.2, 0) is 0 Å². The molecule has 70 heavy (non-hydrogen) atoms. The van der Waals surface area contributed by atoms with Crippen LogP contribution in [0.4, 0.5) is 22.7 Å². The third-order valence-corrected chi connectivity index (χ3v) is 13.4. The molecule has 0 aliphatic rings. The summed E-state index contributed by atoms with van der Waals surface area (Å²) in [5, 5.41) is 2.22. The monoisotopic (exact) mass is 937 g/mol. The summed E-state index contributed by atoms with van der Waals surface area (Å²) in [4.78, 5) is 25.0. The van der Waals surface area contributed by atoms with Gasteiger partial charge < -0.3 is 19.6 Å². The van der Waals surface area contributed by atoms with E-state index in [1.807, 2.05) is 6.07 Å². The molecule has 0 bridgehead atoms. The van der Waals surface area contributed by atoms with Crippen LogP contribution in [0.5, 0.6) is 0 Å². The lowest BCUT2D eigenvalue weighted by Crippen LogP contribution is -2.24. The summed E-state index contributed by atoms with van der Waals surface area (Å²) >= 11 is 0. The van der Waals surface area contributed by atoms with Gasteiger partial charge in [0.25, 0.3) is 0 Å². The number of allylic oxidation sites excluding steroid dienone is 2. The molecule has 0 fully saturated rings. The number of rotatable bonds is 29. The van der Waals surface area contributed by atoms with Crippen LogP contribution in [0.2, 0.25) is 0 Å². The van der Waals surface area contributed by atoms with Crippen molar-refractivity contribution in [2.24, 2.45) is 0 Å². The van der Waals surface area contributed by atoms with Crippen molar-refractivity contribution in [3.05, 3.63) is 179 Å². The van der Waals surface area contributed by atoms with Crippen molar-refractivity contribution in [3.8, 4) is 0 Å². The second kappa shape index (κ2) is 27.9. The van der Waals surface area contributed by atoms with Gasteiger partial charge in [0.15, 0.2) is 5.78 Å². The number of Topliss-reactive ketones (excluding diaryl/α,β-unsaturated/α-hetero) is 1. The molecule has 0 amide bonds. The van der Waals surface area contributed by atoms with Crippen molar-refractivity contribution in [2.45, 2.75) is 120 Å². The smallest absolute Gasteiger partial charge is 0.166 e. The van der Waals surface area contributed by atoms with Crippen molar-refractivity contribution >= 4 is 50.5 Å². The summed E-state index contributed by atoms with van der Waals surface area (Å²) in [5.74, 6) is 0.128. The first kappa shape index (κ1) is 53.3. The highest BCUT2D eigenvalue weighted by Gasteiger charge is 2.20. The molecule has 5 heteroatoms. The number of hydrogen-bond acceptors (Lipinski definition) is 5. The minimum atomic E-state index is 0.128. The molecule has 5 nitrogen and oxygen atoms in total. The minimum Gasteiger partial charge on any atom is -0.372 e. The molecule has 370 valence electrons. The molecule has 6 rings (SSSR count). The van der Waals surface area contributed by atoms with Gasteiger partial charge in [-0.1, -0.05) is 152 Å². The van der Waals surface area contributed by atoms with E-state index < -0.39 is 0 Å². The molecule has 0 unspecified atom stereocenters. The number of benzene rings is 6. The fourth-order valence-electron chi connectivity index (χ4n) is 10.1. The summed E-state index contributed by atoms with van der Waals surface area (Å²) in [7, 11) is 0. The Labute approximate surface area is 423 Å². The maximum absolute atomic E-state index is 15.0. The van der Waals surface area contributed by atoms with Crippen LogP contribution in [0.15, 0.2) is 151 Å². The van der Waals surface area contributed by atoms with Crippen LogP contribution >= 0.6 is 0 Å². The van der Waals surface area contributed by atoms with E-state index in [1.165, 1.54) is 39.4 Å². The molecule has 0 spiro atoms. The predicted molar refractivity (Wildman–Crippen MR) is 308 cm³/mol. The lowest BCUT2D eigenvalue weighted by Gasteiger charge is -2.25. The maximum atomic E-state index is 15.0. The van der Waals surface area contributed by atoms with Gasteiger partial charge in [0, 0.05) is 87.1 Å². The van der Waals surface area contributed by atoms with E-state index in [-0.39, 0.29) is 5.78 Å². The van der Waals surface area contributed by atoms with Crippen LogP contribution in [0.1, 0.15) is 152 Å². The average molecular weight is 937 g/mol. The van der Waals surface area contributed by atoms with E-state index in [4.69, 9.17) is 0 Å². The Morgan fingerprint density at radius 3 is 1.03 bits per heavy atom. The Kier molecular flexibility index (Phi) is 21.3. The van der Waals surface area contributed by atoms with Gasteiger partial charge in [-0.25, -0.2) is 0 Å². The Bertz CT molecular complexity index is 2410.